The van der Waals surface area contributed by atoms with Crippen LogP contribution in [0.1, 0.15) is 44.2 Å². The van der Waals surface area contributed by atoms with Gasteiger partial charge in [-0.3, -0.25) is 9.59 Å². The van der Waals surface area contributed by atoms with Crippen molar-refractivity contribution in [3.8, 4) is 0 Å². The van der Waals surface area contributed by atoms with Gasteiger partial charge in [-0.15, -0.1) is 0 Å². The van der Waals surface area contributed by atoms with Crippen LogP contribution in [0.25, 0.3) is 0 Å². The van der Waals surface area contributed by atoms with Crippen LogP contribution in [0, 0.1) is 5.82 Å². The Bertz CT molecular complexity index is 948. The minimum Gasteiger partial charge on any atom is -0.480 e. The molecule has 0 radical (unpaired) electrons. The van der Waals surface area contributed by atoms with Gasteiger partial charge in [0.05, 0.1) is 22.6 Å². The predicted molar refractivity (Wildman–Crippen MR) is 113 cm³/mol. The number of alkyl halides is 3. The molecule has 0 fully saturated rings. The number of ether oxygens (including phenoxy) is 1. The Morgan fingerprint density at radius 3 is 2.62 bits per heavy atom. The molecule has 32 heavy (non-hydrogen) atoms. The minimum absolute atomic E-state index is 0.143. The number of carbonyl (C=O) groups is 2. The number of unbranched alkanes of at least 4 members (excludes halogenated alkanes) is 1. The van der Waals surface area contributed by atoms with Crippen molar-refractivity contribution in [2.24, 2.45) is 0 Å². The molecule has 176 valence electrons. The second-order valence-corrected chi connectivity index (χ2v) is 10.2. The van der Waals surface area contributed by atoms with Gasteiger partial charge in [0.1, 0.15) is 10.6 Å². The van der Waals surface area contributed by atoms with Crippen LogP contribution >= 0.6 is 23.1 Å². The maximum absolute atomic E-state index is 13.1. The monoisotopic (exact) mass is 494 g/mol. The number of aromatic nitrogens is 1. The van der Waals surface area contributed by atoms with Crippen LogP contribution in [0.5, 0.6) is 0 Å². The zero-order chi connectivity index (χ0) is 23.9. The molecule has 2 aromatic rings. The summed E-state index contributed by atoms with van der Waals surface area (Å²) in [4.78, 5) is 27.2. The molecular weight excluding hydrogens is 472 g/mol. The Kier molecular flexibility index (Phi) is 9.05. The number of hydrogen-bond acceptors (Lipinski definition) is 6. The fourth-order valence-electron chi connectivity index (χ4n) is 2.45. The maximum atomic E-state index is 13.1. The normalized spacial score (nSPS) is 12.1. The van der Waals surface area contributed by atoms with Crippen molar-refractivity contribution < 1.29 is 37.0 Å². The number of aliphatic carboxylic acids is 1. The van der Waals surface area contributed by atoms with Gasteiger partial charge in [-0.25, -0.2) is 9.37 Å². The summed E-state index contributed by atoms with van der Waals surface area (Å²) in [6.07, 6.45) is -2.12. The minimum atomic E-state index is -4.67. The molecule has 0 saturated heterocycles. The number of nitrogens with zero attached hydrogens (tertiary/aromatic N) is 1. The molecule has 2 N–H and O–H groups in total. The molecular formula is C20H22F4N2O4S2. The number of halogens is 4. The maximum Gasteiger partial charge on any atom is 0.416 e. The number of amides is 1. The van der Waals surface area contributed by atoms with E-state index in [1.165, 1.54) is 17.5 Å². The van der Waals surface area contributed by atoms with Crippen LogP contribution in [-0.4, -0.2) is 33.3 Å². The third kappa shape index (κ3) is 8.06. The van der Waals surface area contributed by atoms with Gasteiger partial charge < -0.3 is 15.2 Å². The van der Waals surface area contributed by atoms with Gasteiger partial charge in [0.15, 0.2) is 5.13 Å². The molecule has 1 aromatic heterocycles. The number of benzene rings is 1. The molecule has 12 heteroatoms. The van der Waals surface area contributed by atoms with Gasteiger partial charge in [0.2, 0.25) is 5.91 Å². The predicted octanol–water partition coefficient (Wildman–Crippen LogP) is 5.58. The first kappa shape index (κ1) is 26.1. The summed E-state index contributed by atoms with van der Waals surface area (Å²) in [5.74, 6) is -2.22. The zero-order valence-corrected chi connectivity index (χ0v) is 18.9. The highest BCUT2D eigenvalue weighted by molar-refractivity contribution is 8.03. The Morgan fingerprint density at radius 1 is 1.25 bits per heavy atom. The van der Waals surface area contributed by atoms with Crippen molar-refractivity contribution in [2.75, 3.05) is 11.9 Å². The summed E-state index contributed by atoms with van der Waals surface area (Å²) < 4.78 is 56.8. The lowest BCUT2D eigenvalue weighted by Gasteiger charge is -2.16. The lowest BCUT2D eigenvalue weighted by atomic mass is 10.1. The van der Waals surface area contributed by atoms with E-state index in [0.29, 0.717) is 28.2 Å². The highest BCUT2D eigenvalue weighted by Gasteiger charge is 2.33. The highest BCUT2D eigenvalue weighted by Crippen LogP contribution is 2.37. The highest BCUT2D eigenvalue weighted by atomic mass is 32.2. The van der Waals surface area contributed by atoms with Crippen molar-refractivity contribution in [3.63, 3.8) is 0 Å². The average molecular weight is 495 g/mol. The first-order chi connectivity index (χ1) is 14.9. The van der Waals surface area contributed by atoms with Gasteiger partial charge in [-0.05, 0) is 44.4 Å². The molecule has 0 aliphatic rings. The van der Waals surface area contributed by atoms with E-state index in [4.69, 9.17) is 9.84 Å². The second kappa shape index (κ2) is 11.1. The number of hydrogen-bond donors (Lipinski definition) is 2. The van der Waals surface area contributed by atoms with E-state index >= 15 is 0 Å². The molecule has 1 amide bonds. The number of carboxylic acids is 1. The van der Waals surface area contributed by atoms with E-state index < -0.39 is 28.3 Å². The molecule has 0 aliphatic carbocycles. The van der Waals surface area contributed by atoms with Crippen LogP contribution in [0.3, 0.4) is 0 Å². The molecule has 1 heterocycles. The van der Waals surface area contributed by atoms with Gasteiger partial charge in [-0.1, -0.05) is 29.2 Å². The fraction of sp³-hybridized carbons (Fsp3) is 0.450. The lowest BCUT2D eigenvalue weighted by molar-refractivity contribution is -0.139. The number of anilines is 1. The van der Waals surface area contributed by atoms with Gasteiger partial charge in [0, 0.05) is 13.0 Å². The molecule has 1 aromatic carbocycles. The molecule has 0 spiro atoms. The summed E-state index contributed by atoms with van der Waals surface area (Å²) in [6.45, 7) is 2.97. The molecule has 2 rings (SSSR count). The van der Waals surface area contributed by atoms with Crippen LogP contribution in [-0.2, 0) is 27.1 Å². The van der Waals surface area contributed by atoms with E-state index in [1.807, 2.05) is 0 Å². The second-order valence-electron chi connectivity index (χ2n) is 7.26. The Morgan fingerprint density at radius 2 is 1.97 bits per heavy atom. The first-order valence-corrected chi connectivity index (χ1v) is 11.1. The number of thioether (sulfide) groups is 1. The van der Waals surface area contributed by atoms with Crippen LogP contribution in [0.2, 0.25) is 0 Å². The number of thiazole rings is 1. The van der Waals surface area contributed by atoms with Crippen molar-refractivity contribution in [3.05, 3.63) is 41.3 Å². The van der Waals surface area contributed by atoms with Crippen molar-refractivity contribution in [1.82, 2.24) is 4.98 Å². The lowest BCUT2D eigenvalue weighted by Crippen LogP contribution is -2.26. The molecule has 6 nitrogen and oxygen atoms in total. The molecule has 0 bridgehead atoms. The average Bonchev–Trinajstić information content (AvgIpc) is 3.10. The SMILES string of the molecule is CC(C)(Sc1cnc(NC(=O)CCCCOCc2ccc(F)cc2C(F)(F)F)s1)C(=O)O. The van der Waals surface area contributed by atoms with Crippen molar-refractivity contribution in [2.45, 2.75) is 54.8 Å². The Balaban J connectivity index is 1.70. The van der Waals surface area contributed by atoms with E-state index in [1.54, 1.807) is 13.8 Å². The zero-order valence-electron chi connectivity index (χ0n) is 17.3. The Labute approximate surface area is 190 Å². The summed E-state index contributed by atoms with van der Waals surface area (Å²) in [5, 5.41) is 12.1. The Hall–Kier alpha value is -2.18. The van der Waals surface area contributed by atoms with Crippen LogP contribution in [0.4, 0.5) is 22.7 Å². The molecule has 0 aliphatic heterocycles. The molecule has 0 saturated carbocycles. The number of carbonyl (C=O) groups excluding carboxylic acids is 1. The summed E-state index contributed by atoms with van der Waals surface area (Å²) in [5.41, 5.74) is -1.22. The fourth-order valence-corrected chi connectivity index (χ4v) is 4.74. The van der Waals surface area contributed by atoms with E-state index in [0.717, 1.165) is 23.9 Å². The number of carboxylic acid groups (broad SMARTS) is 1. The summed E-state index contributed by atoms with van der Waals surface area (Å²) in [6, 6.07) is 2.43. The summed E-state index contributed by atoms with van der Waals surface area (Å²) >= 11 is 2.30. The van der Waals surface area contributed by atoms with Gasteiger partial charge in [0.25, 0.3) is 0 Å². The van der Waals surface area contributed by atoms with Crippen molar-refractivity contribution in [1.29, 1.82) is 0 Å². The number of nitrogens with one attached hydrogen (secondary N) is 1. The first-order valence-electron chi connectivity index (χ1n) is 9.50. The topological polar surface area (TPSA) is 88.5 Å². The van der Waals surface area contributed by atoms with Gasteiger partial charge >= 0.3 is 12.1 Å². The molecule has 0 atom stereocenters. The van der Waals surface area contributed by atoms with E-state index in [2.05, 4.69) is 10.3 Å². The standard InChI is InChI=1S/C20H22F4N2O4S2/c1-19(2,17(28)29)32-16-10-25-18(31-16)26-15(27)5-3-4-8-30-11-12-6-7-13(21)9-14(12)20(22,23)24/h6-7,9-10H,3-5,8,11H2,1-2H3,(H,28,29)(H,25,26,27). The third-order valence-electron chi connectivity index (χ3n) is 4.18. The van der Waals surface area contributed by atoms with Gasteiger partial charge in [-0.2, -0.15) is 13.2 Å². The summed E-state index contributed by atoms with van der Waals surface area (Å²) in [7, 11) is 0. The number of rotatable bonds is 11. The van der Waals surface area contributed by atoms with Crippen LogP contribution < -0.4 is 5.32 Å². The largest absolute Gasteiger partial charge is 0.480 e. The van der Waals surface area contributed by atoms with E-state index in [9.17, 15) is 27.2 Å². The quantitative estimate of drug-likeness (QED) is 0.241. The van der Waals surface area contributed by atoms with Crippen LogP contribution in [0.15, 0.2) is 28.6 Å². The molecule has 0 unspecified atom stereocenters. The smallest absolute Gasteiger partial charge is 0.416 e. The van der Waals surface area contributed by atoms with Crippen molar-refractivity contribution >= 4 is 40.1 Å². The van der Waals surface area contributed by atoms with E-state index in [-0.39, 0.29) is 31.1 Å². The third-order valence-corrected chi connectivity index (χ3v) is 6.38.